The van der Waals surface area contributed by atoms with Crippen molar-refractivity contribution >= 4 is 11.6 Å². The van der Waals surface area contributed by atoms with E-state index in [-0.39, 0.29) is 6.04 Å². The third-order valence-electron chi connectivity index (χ3n) is 3.77. The van der Waals surface area contributed by atoms with Gasteiger partial charge in [0.2, 0.25) is 0 Å². The maximum atomic E-state index is 6.05. The van der Waals surface area contributed by atoms with E-state index in [2.05, 4.69) is 56.4 Å². The normalized spacial score (nSPS) is 12.7. The molecule has 0 amide bonds. The van der Waals surface area contributed by atoms with Gasteiger partial charge in [-0.05, 0) is 54.3 Å². The highest BCUT2D eigenvalue weighted by Gasteiger charge is 2.14. The second-order valence-electron chi connectivity index (χ2n) is 5.54. The van der Waals surface area contributed by atoms with Crippen molar-refractivity contribution in [2.45, 2.75) is 32.7 Å². The first-order valence-electron chi connectivity index (χ1n) is 7.06. The summed E-state index contributed by atoms with van der Waals surface area (Å²) in [6.45, 7) is 6.54. The lowest BCUT2D eigenvalue weighted by Gasteiger charge is -2.20. The van der Waals surface area contributed by atoms with Crippen LogP contribution in [0, 0.1) is 6.92 Å². The van der Waals surface area contributed by atoms with Crippen LogP contribution in [0.4, 0.5) is 0 Å². The van der Waals surface area contributed by atoms with Crippen molar-refractivity contribution in [3.63, 3.8) is 0 Å². The number of hydrogen-bond acceptors (Lipinski definition) is 1. The molecule has 0 bridgehead atoms. The van der Waals surface area contributed by atoms with Gasteiger partial charge in [-0.1, -0.05) is 55.8 Å². The van der Waals surface area contributed by atoms with E-state index in [0.717, 1.165) is 5.02 Å². The van der Waals surface area contributed by atoms with Gasteiger partial charge in [0.05, 0.1) is 6.04 Å². The molecule has 1 atom stereocenters. The van der Waals surface area contributed by atoms with Gasteiger partial charge in [-0.3, -0.25) is 0 Å². The highest BCUT2D eigenvalue weighted by molar-refractivity contribution is 6.30. The minimum atomic E-state index is 0.202. The summed E-state index contributed by atoms with van der Waals surface area (Å²) < 4.78 is 0. The Morgan fingerprint density at radius 3 is 2.05 bits per heavy atom. The fourth-order valence-electron chi connectivity index (χ4n) is 2.54. The Kier molecular flexibility index (Phi) is 4.85. The minimum absolute atomic E-state index is 0.202. The first-order valence-corrected chi connectivity index (χ1v) is 7.44. The smallest absolute Gasteiger partial charge is 0.0576 e. The van der Waals surface area contributed by atoms with Crippen LogP contribution in [0.3, 0.4) is 0 Å². The standard InChI is InChI=1S/C18H22ClN/c1-12(2)14-5-7-15(8-6-14)18(20-4)17-10-9-16(19)11-13(17)3/h5-12,18,20H,1-4H3. The second kappa shape index (κ2) is 6.43. The van der Waals surface area contributed by atoms with E-state index in [9.17, 15) is 0 Å². The highest BCUT2D eigenvalue weighted by atomic mass is 35.5. The van der Waals surface area contributed by atoms with Gasteiger partial charge in [-0.25, -0.2) is 0 Å². The van der Waals surface area contributed by atoms with Crippen LogP contribution in [0.2, 0.25) is 5.02 Å². The topological polar surface area (TPSA) is 12.0 Å². The van der Waals surface area contributed by atoms with Gasteiger partial charge in [0.25, 0.3) is 0 Å². The summed E-state index contributed by atoms with van der Waals surface area (Å²) in [5.41, 5.74) is 5.14. The first kappa shape index (κ1) is 15.1. The van der Waals surface area contributed by atoms with Gasteiger partial charge >= 0.3 is 0 Å². The first-order chi connectivity index (χ1) is 9.52. The molecule has 0 saturated carbocycles. The summed E-state index contributed by atoms with van der Waals surface area (Å²) in [4.78, 5) is 0. The van der Waals surface area contributed by atoms with Gasteiger partial charge < -0.3 is 5.32 Å². The minimum Gasteiger partial charge on any atom is -0.309 e. The Balaban J connectivity index is 2.36. The maximum Gasteiger partial charge on any atom is 0.0576 e. The fraction of sp³-hybridized carbons (Fsp3) is 0.333. The summed E-state index contributed by atoms with van der Waals surface area (Å²) in [5.74, 6) is 0.564. The number of rotatable bonds is 4. The number of hydrogen-bond donors (Lipinski definition) is 1. The van der Waals surface area contributed by atoms with Crippen LogP contribution < -0.4 is 5.32 Å². The largest absolute Gasteiger partial charge is 0.309 e. The zero-order chi connectivity index (χ0) is 14.7. The van der Waals surface area contributed by atoms with Crippen LogP contribution in [0.15, 0.2) is 42.5 Å². The predicted octanol–water partition coefficient (Wildman–Crippen LogP) is 5.08. The van der Waals surface area contributed by atoms with Crippen LogP contribution in [-0.2, 0) is 0 Å². The van der Waals surface area contributed by atoms with Crippen LogP contribution in [0.25, 0.3) is 0 Å². The Bertz CT molecular complexity index is 572. The summed E-state index contributed by atoms with van der Waals surface area (Å²) in [5, 5.41) is 4.19. The molecular formula is C18H22ClN. The van der Waals surface area contributed by atoms with Gasteiger partial charge in [0, 0.05) is 5.02 Å². The quantitative estimate of drug-likeness (QED) is 0.827. The Morgan fingerprint density at radius 1 is 0.950 bits per heavy atom. The van der Waals surface area contributed by atoms with E-state index in [1.165, 1.54) is 22.3 Å². The summed E-state index contributed by atoms with van der Waals surface area (Å²) in [7, 11) is 2.00. The van der Waals surface area contributed by atoms with Crippen molar-refractivity contribution < 1.29 is 0 Å². The Hall–Kier alpha value is -1.31. The molecule has 0 spiro atoms. The van der Waals surface area contributed by atoms with Gasteiger partial charge in [-0.2, -0.15) is 0 Å². The number of benzene rings is 2. The Labute approximate surface area is 127 Å². The monoisotopic (exact) mass is 287 g/mol. The second-order valence-corrected chi connectivity index (χ2v) is 5.98. The predicted molar refractivity (Wildman–Crippen MR) is 87.6 cm³/mol. The summed E-state index contributed by atoms with van der Waals surface area (Å²) in [6, 6.07) is 15.1. The zero-order valence-corrected chi connectivity index (χ0v) is 13.3. The van der Waals surface area contributed by atoms with E-state index in [1.54, 1.807) is 0 Å². The van der Waals surface area contributed by atoms with Crippen molar-refractivity contribution in [2.24, 2.45) is 0 Å². The lowest BCUT2D eigenvalue weighted by molar-refractivity contribution is 0.686. The van der Waals surface area contributed by atoms with E-state index in [0.29, 0.717) is 5.92 Å². The number of halogens is 1. The molecule has 0 fully saturated rings. The average Bonchev–Trinajstić information content (AvgIpc) is 2.42. The van der Waals surface area contributed by atoms with Gasteiger partial charge in [0.15, 0.2) is 0 Å². The molecule has 20 heavy (non-hydrogen) atoms. The summed E-state index contributed by atoms with van der Waals surface area (Å²) >= 11 is 6.05. The molecule has 1 unspecified atom stereocenters. The van der Waals surface area contributed by atoms with Gasteiger partial charge in [0.1, 0.15) is 0 Å². The fourth-order valence-corrected chi connectivity index (χ4v) is 2.76. The lowest BCUT2D eigenvalue weighted by atomic mass is 9.93. The van der Waals surface area contributed by atoms with E-state index in [1.807, 2.05) is 19.2 Å². The summed E-state index contributed by atoms with van der Waals surface area (Å²) in [6.07, 6.45) is 0. The van der Waals surface area contributed by atoms with Crippen molar-refractivity contribution in [1.29, 1.82) is 0 Å². The molecule has 2 aromatic rings. The van der Waals surface area contributed by atoms with E-state index in [4.69, 9.17) is 11.6 Å². The molecule has 0 aliphatic carbocycles. The van der Waals surface area contributed by atoms with Crippen LogP contribution in [0.5, 0.6) is 0 Å². The number of aryl methyl sites for hydroxylation is 1. The van der Waals surface area contributed by atoms with Gasteiger partial charge in [-0.15, -0.1) is 0 Å². The third kappa shape index (κ3) is 3.23. The molecule has 0 heterocycles. The maximum absolute atomic E-state index is 6.05. The molecule has 2 heteroatoms. The molecule has 0 radical (unpaired) electrons. The van der Waals surface area contributed by atoms with Crippen LogP contribution >= 0.6 is 11.6 Å². The molecular weight excluding hydrogens is 266 g/mol. The molecule has 0 aliphatic heterocycles. The van der Waals surface area contributed by atoms with Crippen LogP contribution in [-0.4, -0.2) is 7.05 Å². The van der Waals surface area contributed by atoms with Crippen molar-refractivity contribution in [1.82, 2.24) is 5.32 Å². The van der Waals surface area contributed by atoms with Crippen LogP contribution in [0.1, 0.15) is 48.1 Å². The molecule has 0 saturated heterocycles. The highest BCUT2D eigenvalue weighted by Crippen LogP contribution is 2.27. The van der Waals surface area contributed by atoms with E-state index < -0.39 is 0 Å². The van der Waals surface area contributed by atoms with E-state index >= 15 is 0 Å². The average molecular weight is 288 g/mol. The molecule has 1 N–H and O–H groups in total. The number of nitrogens with one attached hydrogen (secondary N) is 1. The Morgan fingerprint density at radius 2 is 1.55 bits per heavy atom. The zero-order valence-electron chi connectivity index (χ0n) is 12.6. The van der Waals surface area contributed by atoms with Crippen molar-refractivity contribution in [3.8, 4) is 0 Å². The van der Waals surface area contributed by atoms with Crippen molar-refractivity contribution in [3.05, 3.63) is 69.7 Å². The molecule has 0 aromatic heterocycles. The molecule has 106 valence electrons. The van der Waals surface area contributed by atoms with Crippen molar-refractivity contribution in [2.75, 3.05) is 7.05 Å². The third-order valence-corrected chi connectivity index (χ3v) is 4.00. The lowest BCUT2D eigenvalue weighted by Crippen LogP contribution is -2.18. The molecule has 0 aliphatic rings. The molecule has 2 aromatic carbocycles. The molecule has 2 rings (SSSR count). The SMILES string of the molecule is CNC(c1ccc(C(C)C)cc1)c1ccc(Cl)cc1C. The molecule has 1 nitrogen and oxygen atoms in total.